The Balaban J connectivity index is 1.50. The van der Waals surface area contributed by atoms with Crippen LogP contribution in [0.2, 0.25) is 5.02 Å². The van der Waals surface area contributed by atoms with Crippen LogP contribution >= 0.6 is 22.9 Å². The quantitative estimate of drug-likeness (QED) is 0.135. The summed E-state index contributed by atoms with van der Waals surface area (Å²) in [5.41, 5.74) is 2.86. The minimum atomic E-state index is -4.64. The third-order valence-corrected chi connectivity index (χ3v) is 9.70. The summed E-state index contributed by atoms with van der Waals surface area (Å²) < 4.78 is 39.8. The number of hydrogen-bond acceptors (Lipinski definition) is 7. The van der Waals surface area contributed by atoms with Crippen molar-refractivity contribution in [3.63, 3.8) is 0 Å². The van der Waals surface area contributed by atoms with Gasteiger partial charge in [-0.3, -0.25) is 9.59 Å². The second-order valence-electron chi connectivity index (χ2n) is 12.1. The van der Waals surface area contributed by atoms with Crippen molar-refractivity contribution in [3.05, 3.63) is 85.7 Å². The van der Waals surface area contributed by atoms with Gasteiger partial charge >= 0.3 is 6.18 Å². The predicted molar refractivity (Wildman–Crippen MR) is 182 cm³/mol. The zero-order valence-electron chi connectivity index (χ0n) is 27.0. The molecule has 1 aliphatic rings. The van der Waals surface area contributed by atoms with Gasteiger partial charge in [0.15, 0.2) is 0 Å². The van der Waals surface area contributed by atoms with Crippen LogP contribution in [0, 0.1) is 0 Å². The van der Waals surface area contributed by atoms with Gasteiger partial charge in [-0.2, -0.15) is 18.3 Å². The third kappa shape index (κ3) is 9.86. The average Bonchev–Trinajstić information content (AvgIpc) is 3.35. The summed E-state index contributed by atoms with van der Waals surface area (Å²) in [6, 6.07) is 10.7. The third-order valence-electron chi connectivity index (χ3n) is 8.23. The second kappa shape index (κ2) is 15.7. The summed E-state index contributed by atoms with van der Waals surface area (Å²) in [7, 11) is 2.05. The number of alkyl halides is 3. The Labute approximate surface area is 282 Å². The lowest BCUT2D eigenvalue weighted by Gasteiger charge is -2.28. The van der Waals surface area contributed by atoms with E-state index in [4.69, 9.17) is 11.6 Å². The van der Waals surface area contributed by atoms with Crippen molar-refractivity contribution in [1.82, 2.24) is 15.2 Å². The molecule has 1 heterocycles. The topological polar surface area (TPSA) is 97.3 Å². The van der Waals surface area contributed by atoms with Gasteiger partial charge < -0.3 is 20.2 Å². The first-order chi connectivity index (χ1) is 22.2. The van der Waals surface area contributed by atoms with Gasteiger partial charge in [-0.15, -0.1) is 11.3 Å². The van der Waals surface area contributed by atoms with E-state index >= 15 is 0 Å². The van der Waals surface area contributed by atoms with Crippen molar-refractivity contribution < 1.29 is 27.9 Å². The number of rotatable bonds is 13. The molecule has 3 N–H and O–H groups in total. The molecular formula is C34H41ClF3N5O3S. The van der Waals surface area contributed by atoms with Gasteiger partial charge in [0.1, 0.15) is 5.00 Å². The summed E-state index contributed by atoms with van der Waals surface area (Å²) in [6.07, 6.45) is -1.37. The molecule has 4 rings (SSSR count). The smallest absolute Gasteiger partial charge is 0.390 e. The van der Waals surface area contributed by atoms with Crippen molar-refractivity contribution in [2.45, 2.75) is 64.8 Å². The molecule has 254 valence electrons. The fourth-order valence-corrected chi connectivity index (χ4v) is 7.26. The van der Waals surface area contributed by atoms with Crippen LogP contribution in [0.5, 0.6) is 0 Å². The number of halogens is 4. The molecule has 1 unspecified atom stereocenters. The van der Waals surface area contributed by atoms with Crippen molar-refractivity contribution in [2.24, 2.45) is 5.10 Å². The monoisotopic (exact) mass is 691 g/mol. The normalized spacial score (nSPS) is 16.6. The fraction of sp³-hybridized carbons (Fsp3) is 0.441. The molecular weight excluding hydrogens is 651 g/mol. The maximum absolute atomic E-state index is 13.5. The van der Waals surface area contributed by atoms with Crippen LogP contribution < -0.4 is 10.7 Å². The van der Waals surface area contributed by atoms with E-state index in [1.54, 1.807) is 13.0 Å². The largest absolute Gasteiger partial charge is 0.417 e. The number of benzene rings is 2. The van der Waals surface area contributed by atoms with E-state index < -0.39 is 28.3 Å². The highest BCUT2D eigenvalue weighted by Crippen LogP contribution is 2.41. The molecule has 8 nitrogen and oxygen atoms in total. The van der Waals surface area contributed by atoms with Crippen molar-refractivity contribution in [3.8, 4) is 0 Å². The van der Waals surface area contributed by atoms with E-state index in [2.05, 4.69) is 46.5 Å². The van der Waals surface area contributed by atoms with Gasteiger partial charge in [-0.25, -0.2) is 5.43 Å². The van der Waals surface area contributed by atoms with Crippen LogP contribution in [0.4, 0.5) is 18.2 Å². The Morgan fingerprint density at radius 2 is 1.87 bits per heavy atom. The minimum Gasteiger partial charge on any atom is -0.390 e. The van der Waals surface area contributed by atoms with Crippen LogP contribution in [0.15, 0.2) is 47.6 Å². The van der Waals surface area contributed by atoms with Gasteiger partial charge in [0.05, 0.1) is 28.0 Å². The molecule has 3 aromatic rings. The van der Waals surface area contributed by atoms with Gasteiger partial charge in [0.2, 0.25) is 0 Å². The summed E-state index contributed by atoms with van der Waals surface area (Å²) in [5.74, 6) is -1.01. The van der Waals surface area contributed by atoms with Crippen LogP contribution in [0.3, 0.4) is 0 Å². The van der Waals surface area contributed by atoms with Crippen LogP contribution in [-0.2, 0) is 25.6 Å². The van der Waals surface area contributed by atoms with E-state index in [-0.39, 0.29) is 17.0 Å². The first kappa shape index (κ1) is 36.5. The Morgan fingerprint density at radius 1 is 1.13 bits per heavy atom. The molecule has 0 spiro atoms. The SMILES string of the molecule is CCN(CC)CCCN(C)Cc1cccc(C(=O)Nc2sc3c(c2C(=O)N/N=C/c2ccc(Cl)c(C(F)(F)F)c2)CCC(C)(O)C3)c1. The van der Waals surface area contributed by atoms with Gasteiger partial charge in [-0.05, 0) is 100 Å². The van der Waals surface area contributed by atoms with Gasteiger partial charge in [0.25, 0.3) is 11.8 Å². The molecule has 2 amide bonds. The fourth-order valence-electron chi connectivity index (χ4n) is 5.62. The molecule has 0 saturated carbocycles. The number of aliphatic hydroxyl groups is 1. The number of carbonyl (C=O) groups is 2. The van der Waals surface area contributed by atoms with E-state index in [0.29, 0.717) is 41.9 Å². The Bertz CT molecular complexity index is 1600. The number of carbonyl (C=O) groups excluding carboxylic acids is 2. The number of amides is 2. The molecule has 13 heteroatoms. The first-order valence-corrected chi connectivity index (χ1v) is 16.8. The summed E-state index contributed by atoms with van der Waals surface area (Å²) in [6.45, 7) is 10.7. The molecule has 0 saturated heterocycles. The van der Waals surface area contributed by atoms with Gasteiger partial charge in [-0.1, -0.05) is 43.6 Å². The zero-order chi connectivity index (χ0) is 34.4. The van der Waals surface area contributed by atoms with E-state index in [1.807, 2.05) is 18.2 Å². The summed E-state index contributed by atoms with van der Waals surface area (Å²) in [4.78, 5) is 32.3. The van der Waals surface area contributed by atoms with E-state index in [9.17, 15) is 27.9 Å². The maximum Gasteiger partial charge on any atom is 0.417 e. The summed E-state index contributed by atoms with van der Waals surface area (Å²) >= 11 is 6.93. The number of anilines is 1. The van der Waals surface area contributed by atoms with E-state index in [0.717, 1.165) is 61.4 Å². The molecule has 0 bridgehead atoms. The molecule has 2 aromatic carbocycles. The molecule has 0 fully saturated rings. The highest BCUT2D eigenvalue weighted by atomic mass is 35.5. The molecule has 0 radical (unpaired) electrons. The first-order valence-electron chi connectivity index (χ1n) is 15.6. The Morgan fingerprint density at radius 3 is 2.57 bits per heavy atom. The zero-order valence-corrected chi connectivity index (χ0v) is 28.6. The second-order valence-corrected chi connectivity index (χ2v) is 13.6. The van der Waals surface area contributed by atoms with Crippen molar-refractivity contribution in [1.29, 1.82) is 0 Å². The number of hydrogen-bond donors (Lipinski definition) is 3. The molecule has 1 aliphatic carbocycles. The lowest BCUT2D eigenvalue weighted by molar-refractivity contribution is -0.137. The van der Waals surface area contributed by atoms with Crippen LogP contribution in [0.25, 0.3) is 0 Å². The highest BCUT2D eigenvalue weighted by molar-refractivity contribution is 7.17. The van der Waals surface area contributed by atoms with Crippen LogP contribution in [-0.4, -0.2) is 71.8 Å². The predicted octanol–water partition coefficient (Wildman–Crippen LogP) is 6.84. The number of thiophene rings is 1. The van der Waals surface area contributed by atoms with E-state index in [1.165, 1.54) is 17.4 Å². The minimum absolute atomic E-state index is 0.0911. The average molecular weight is 692 g/mol. The molecule has 47 heavy (non-hydrogen) atoms. The van der Waals surface area contributed by atoms with Gasteiger partial charge in [0, 0.05) is 23.4 Å². The number of nitrogens with one attached hydrogen (secondary N) is 2. The molecule has 1 aromatic heterocycles. The Hall–Kier alpha value is -3.29. The number of nitrogens with zero attached hydrogens (tertiary/aromatic N) is 3. The lowest BCUT2D eigenvalue weighted by Crippen LogP contribution is -2.32. The molecule has 0 aliphatic heterocycles. The maximum atomic E-state index is 13.5. The highest BCUT2D eigenvalue weighted by Gasteiger charge is 2.35. The number of hydrazone groups is 1. The lowest BCUT2D eigenvalue weighted by atomic mass is 9.85. The van der Waals surface area contributed by atoms with Crippen LogP contribution in [0.1, 0.15) is 81.5 Å². The van der Waals surface area contributed by atoms with Crippen molar-refractivity contribution in [2.75, 3.05) is 38.5 Å². The number of fused-ring (bicyclic) bond motifs is 1. The Kier molecular flexibility index (Phi) is 12.2. The summed E-state index contributed by atoms with van der Waals surface area (Å²) in [5, 5.41) is 17.4. The van der Waals surface area contributed by atoms with Crippen molar-refractivity contribution >= 4 is 46.0 Å². The standard InChI is InChI=1S/C34H41ClF3N5O3S/c1-5-43(6-2)16-8-15-42(4)21-23-9-7-10-24(17-23)30(44)40-32-29(25-13-14-33(3,46)19-28(25)47-32)31(45)41-39-20-22-11-12-27(35)26(18-22)34(36,37)38/h7,9-12,17-18,20,46H,5-6,8,13-16,19,21H2,1-4H3,(H,40,44)(H,41,45)/b39-20+. The molecule has 1 atom stereocenters.